The van der Waals surface area contributed by atoms with E-state index >= 15 is 0 Å². The van der Waals surface area contributed by atoms with E-state index in [1.807, 2.05) is 19.9 Å². The normalized spacial score (nSPS) is 10.2. The van der Waals surface area contributed by atoms with E-state index < -0.39 is 0 Å². The lowest BCUT2D eigenvalue weighted by Gasteiger charge is -2.06. The number of anilines is 1. The number of nitrogens with one attached hydrogen (secondary N) is 1. The molecule has 0 radical (unpaired) electrons. The highest BCUT2D eigenvalue weighted by molar-refractivity contribution is 9.10. The number of carbonyl (C=O) groups excluding carboxylic acids is 1. The lowest BCUT2D eigenvalue weighted by molar-refractivity contribution is 0.102. The minimum absolute atomic E-state index is 0.259. The van der Waals surface area contributed by atoms with E-state index in [4.69, 9.17) is 0 Å². The van der Waals surface area contributed by atoms with Gasteiger partial charge in [0.05, 0.1) is 16.4 Å². The zero-order valence-corrected chi connectivity index (χ0v) is 11.5. The number of nitrogens with zero attached hydrogens (tertiary/aromatic N) is 3. The van der Waals surface area contributed by atoms with Crippen LogP contribution in [0, 0.1) is 13.8 Å². The molecule has 2 rings (SSSR count). The molecule has 0 bridgehead atoms. The summed E-state index contributed by atoms with van der Waals surface area (Å²) in [5, 5.41) is 2.67. The molecule has 0 spiro atoms. The number of aryl methyl sites for hydroxylation is 2. The van der Waals surface area contributed by atoms with Crippen LogP contribution >= 0.6 is 15.9 Å². The summed E-state index contributed by atoms with van der Waals surface area (Å²) in [5.74, 6) is 0.132. The Morgan fingerprint density at radius 2 is 1.94 bits per heavy atom. The monoisotopic (exact) mass is 306 g/mol. The molecule has 2 aromatic heterocycles. The molecule has 0 fully saturated rings. The van der Waals surface area contributed by atoms with Crippen molar-refractivity contribution in [1.82, 2.24) is 15.0 Å². The van der Waals surface area contributed by atoms with Gasteiger partial charge in [0.25, 0.3) is 5.91 Å². The quantitative estimate of drug-likeness (QED) is 0.925. The summed E-state index contributed by atoms with van der Waals surface area (Å²) in [6.45, 7) is 3.74. The van der Waals surface area contributed by atoms with E-state index in [-0.39, 0.29) is 11.6 Å². The molecule has 0 aliphatic rings. The molecule has 0 saturated heterocycles. The summed E-state index contributed by atoms with van der Waals surface area (Å²) in [6.07, 6.45) is 4.67. The second-order valence-electron chi connectivity index (χ2n) is 3.84. The number of carbonyl (C=O) groups is 1. The number of aromatic nitrogens is 3. The summed E-state index contributed by atoms with van der Waals surface area (Å²) in [6, 6.07) is 1.88. The molecule has 1 amide bonds. The zero-order chi connectivity index (χ0) is 13.1. The van der Waals surface area contributed by atoms with Crippen molar-refractivity contribution >= 4 is 27.7 Å². The van der Waals surface area contributed by atoms with Crippen molar-refractivity contribution in [3.63, 3.8) is 0 Å². The number of hydrogen-bond donors (Lipinski definition) is 1. The fraction of sp³-hybridized carbons (Fsp3) is 0.167. The van der Waals surface area contributed by atoms with Gasteiger partial charge in [0.15, 0.2) is 0 Å². The number of amides is 1. The summed E-state index contributed by atoms with van der Waals surface area (Å²) in [4.78, 5) is 24.0. The lowest BCUT2D eigenvalue weighted by Crippen LogP contribution is -2.15. The SMILES string of the molecule is Cc1cnc(NC(=O)c2cnc(C)cn2)c(Br)c1. The van der Waals surface area contributed by atoms with Gasteiger partial charge in [-0.1, -0.05) is 0 Å². The molecule has 0 aliphatic carbocycles. The third-order valence-electron chi connectivity index (χ3n) is 2.22. The summed E-state index contributed by atoms with van der Waals surface area (Å²) in [5.41, 5.74) is 2.03. The van der Waals surface area contributed by atoms with Gasteiger partial charge in [-0.05, 0) is 41.4 Å². The van der Waals surface area contributed by atoms with E-state index in [2.05, 4.69) is 36.2 Å². The molecule has 5 nitrogen and oxygen atoms in total. The van der Waals surface area contributed by atoms with E-state index in [9.17, 15) is 4.79 Å². The minimum Gasteiger partial charge on any atom is -0.304 e. The average Bonchev–Trinajstić information content (AvgIpc) is 2.33. The standard InChI is InChI=1S/C12H11BrN4O/c1-7-3-9(13)11(16-4-7)17-12(18)10-6-14-8(2)5-15-10/h3-6H,1-2H3,(H,16,17,18). The van der Waals surface area contributed by atoms with Crippen molar-refractivity contribution in [2.24, 2.45) is 0 Å². The smallest absolute Gasteiger partial charge is 0.277 e. The predicted molar refractivity (Wildman–Crippen MR) is 71.4 cm³/mol. The van der Waals surface area contributed by atoms with Crippen LogP contribution in [0.4, 0.5) is 5.82 Å². The molecule has 0 unspecified atom stereocenters. The molecule has 92 valence electrons. The molecule has 0 aliphatic heterocycles. The Hall–Kier alpha value is -1.82. The first kappa shape index (κ1) is 12.6. The van der Waals surface area contributed by atoms with Gasteiger partial charge in [0.1, 0.15) is 11.5 Å². The molecule has 0 saturated carbocycles. The summed E-state index contributed by atoms with van der Waals surface area (Å²) >= 11 is 3.35. The van der Waals surface area contributed by atoms with E-state index in [1.54, 1.807) is 12.4 Å². The molecule has 0 atom stereocenters. The van der Waals surface area contributed by atoms with Crippen LogP contribution in [-0.4, -0.2) is 20.9 Å². The van der Waals surface area contributed by atoms with Crippen LogP contribution in [0.1, 0.15) is 21.7 Å². The first-order valence-corrected chi connectivity index (χ1v) is 6.07. The van der Waals surface area contributed by atoms with Crippen LogP contribution in [0.25, 0.3) is 0 Å². The highest BCUT2D eigenvalue weighted by Gasteiger charge is 2.10. The van der Waals surface area contributed by atoms with Gasteiger partial charge in [-0.15, -0.1) is 0 Å². The van der Waals surface area contributed by atoms with Crippen LogP contribution in [0.3, 0.4) is 0 Å². The highest BCUT2D eigenvalue weighted by Crippen LogP contribution is 2.20. The van der Waals surface area contributed by atoms with Crippen LogP contribution in [-0.2, 0) is 0 Å². The van der Waals surface area contributed by atoms with Gasteiger partial charge in [-0.3, -0.25) is 9.78 Å². The first-order valence-electron chi connectivity index (χ1n) is 5.28. The Kier molecular flexibility index (Phi) is 3.66. The zero-order valence-electron chi connectivity index (χ0n) is 9.94. The Balaban J connectivity index is 2.18. The molecule has 2 aromatic rings. The number of hydrogen-bond acceptors (Lipinski definition) is 4. The molecule has 2 heterocycles. The molecule has 18 heavy (non-hydrogen) atoms. The number of halogens is 1. The van der Waals surface area contributed by atoms with E-state index in [0.717, 1.165) is 15.7 Å². The summed E-state index contributed by atoms with van der Waals surface area (Å²) in [7, 11) is 0. The topological polar surface area (TPSA) is 67.8 Å². The third kappa shape index (κ3) is 2.89. The largest absolute Gasteiger partial charge is 0.304 e. The van der Waals surface area contributed by atoms with Crippen molar-refractivity contribution in [2.75, 3.05) is 5.32 Å². The highest BCUT2D eigenvalue weighted by atomic mass is 79.9. The van der Waals surface area contributed by atoms with Gasteiger partial charge in [-0.2, -0.15) is 0 Å². The fourth-order valence-electron chi connectivity index (χ4n) is 1.31. The molecule has 6 heteroatoms. The van der Waals surface area contributed by atoms with Gasteiger partial charge < -0.3 is 5.32 Å². The fourth-order valence-corrected chi connectivity index (χ4v) is 1.87. The van der Waals surface area contributed by atoms with Gasteiger partial charge in [-0.25, -0.2) is 9.97 Å². The van der Waals surface area contributed by atoms with Crippen molar-refractivity contribution < 1.29 is 4.79 Å². The van der Waals surface area contributed by atoms with Crippen LogP contribution < -0.4 is 5.32 Å². The van der Waals surface area contributed by atoms with Gasteiger partial charge >= 0.3 is 0 Å². The van der Waals surface area contributed by atoms with Crippen molar-refractivity contribution in [1.29, 1.82) is 0 Å². The summed E-state index contributed by atoms with van der Waals surface area (Å²) < 4.78 is 0.732. The van der Waals surface area contributed by atoms with E-state index in [1.165, 1.54) is 6.20 Å². The van der Waals surface area contributed by atoms with Crippen molar-refractivity contribution in [3.05, 3.63) is 46.1 Å². The van der Waals surface area contributed by atoms with Gasteiger partial charge in [0, 0.05) is 12.4 Å². The van der Waals surface area contributed by atoms with Gasteiger partial charge in [0.2, 0.25) is 0 Å². The molecule has 1 N–H and O–H groups in total. The Morgan fingerprint density at radius 3 is 2.56 bits per heavy atom. The lowest BCUT2D eigenvalue weighted by atomic mass is 10.3. The van der Waals surface area contributed by atoms with Crippen LogP contribution in [0.2, 0.25) is 0 Å². The Bertz CT molecular complexity index is 583. The Labute approximate surface area is 113 Å². The number of pyridine rings is 1. The van der Waals surface area contributed by atoms with Crippen molar-refractivity contribution in [2.45, 2.75) is 13.8 Å². The molecule has 0 aromatic carbocycles. The van der Waals surface area contributed by atoms with Crippen LogP contribution in [0.15, 0.2) is 29.1 Å². The second-order valence-corrected chi connectivity index (χ2v) is 4.69. The molecular formula is C12H11BrN4O. The third-order valence-corrected chi connectivity index (χ3v) is 2.83. The second kappa shape index (κ2) is 5.22. The Morgan fingerprint density at radius 1 is 1.17 bits per heavy atom. The predicted octanol–water partition coefficient (Wildman–Crippen LogP) is 2.50. The maximum absolute atomic E-state index is 11.9. The molecular weight excluding hydrogens is 296 g/mol. The maximum atomic E-state index is 11.9. The number of rotatable bonds is 2. The van der Waals surface area contributed by atoms with Crippen molar-refractivity contribution in [3.8, 4) is 0 Å². The first-order chi connectivity index (χ1) is 8.56. The average molecular weight is 307 g/mol. The maximum Gasteiger partial charge on any atom is 0.277 e. The van der Waals surface area contributed by atoms with E-state index in [0.29, 0.717) is 5.82 Å². The minimum atomic E-state index is -0.334. The van der Waals surface area contributed by atoms with Crippen LogP contribution in [0.5, 0.6) is 0 Å².